The summed E-state index contributed by atoms with van der Waals surface area (Å²) in [6, 6.07) is 0. The third-order valence-corrected chi connectivity index (χ3v) is 10.1. The van der Waals surface area contributed by atoms with Crippen molar-refractivity contribution in [3.63, 3.8) is 0 Å². The van der Waals surface area contributed by atoms with E-state index in [4.69, 9.17) is 4.74 Å². The number of unbranched alkanes of at least 4 members (excludes halogenated alkanes) is 28. The first-order valence-electron chi connectivity index (χ1n) is 21.8. The van der Waals surface area contributed by atoms with E-state index in [0.29, 0.717) is 19.4 Å². The normalized spacial score (nSPS) is 11.4. The summed E-state index contributed by atoms with van der Waals surface area (Å²) in [7, 11) is 0. The summed E-state index contributed by atoms with van der Waals surface area (Å²) < 4.78 is 5.51. The number of likely N-dealkylation sites (N-methyl/N-ethyl adjacent to an activating group) is 1. The second kappa shape index (κ2) is 40.3. The van der Waals surface area contributed by atoms with Crippen LogP contribution in [0.25, 0.3) is 0 Å². The topological polar surface area (TPSA) is 58.6 Å². The smallest absolute Gasteiger partial charge is 0.305 e. The third kappa shape index (κ3) is 37.7. The van der Waals surface area contributed by atoms with E-state index in [0.717, 1.165) is 51.9 Å². The van der Waals surface area contributed by atoms with Crippen molar-refractivity contribution >= 4 is 11.9 Å². The third-order valence-electron chi connectivity index (χ3n) is 10.1. The Hall–Kier alpha value is -1.10. The standard InChI is InChI=1S/C43H86N2O3/c1-4-7-9-11-13-15-17-19-21-23-25-27-29-31-33-36-42(46)44-38-35-39-45(6-3)40-41-48-43(47)37-34-32-30-28-26-24-22-20-18-16-14-12-10-8-5-2/h4-41H2,1-3H3,(H,44,46). The Balaban J connectivity index is 3.45. The molecule has 0 rings (SSSR count). The zero-order valence-corrected chi connectivity index (χ0v) is 33.0. The number of nitrogens with zero attached hydrogens (tertiary/aromatic N) is 1. The average Bonchev–Trinajstić information content (AvgIpc) is 3.09. The van der Waals surface area contributed by atoms with Gasteiger partial charge in [0, 0.05) is 25.9 Å². The highest BCUT2D eigenvalue weighted by Gasteiger charge is 2.07. The van der Waals surface area contributed by atoms with Crippen LogP contribution < -0.4 is 5.32 Å². The Labute approximate surface area is 301 Å². The van der Waals surface area contributed by atoms with Crippen LogP contribution in [0.5, 0.6) is 0 Å². The highest BCUT2D eigenvalue weighted by atomic mass is 16.5. The fourth-order valence-corrected chi connectivity index (χ4v) is 6.71. The van der Waals surface area contributed by atoms with Gasteiger partial charge in [-0.15, -0.1) is 0 Å². The summed E-state index contributed by atoms with van der Waals surface area (Å²) in [5.74, 6) is 0.146. The van der Waals surface area contributed by atoms with Gasteiger partial charge in [0.05, 0.1) is 0 Å². The molecule has 48 heavy (non-hydrogen) atoms. The molecule has 0 spiro atoms. The van der Waals surface area contributed by atoms with E-state index in [2.05, 4.69) is 31.0 Å². The molecule has 0 aliphatic heterocycles. The summed E-state index contributed by atoms with van der Waals surface area (Å²) in [6.45, 7) is 10.5. The van der Waals surface area contributed by atoms with Crippen LogP contribution in [0.2, 0.25) is 0 Å². The lowest BCUT2D eigenvalue weighted by Gasteiger charge is -2.20. The summed E-state index contributed by atoms with van der Waals surface area (Å²) in [5.41, 5.74) is 0. The number of hydrogen-bond acceptors (Lipinski definition) is 4. The Morgan fingerprint density at radius 1 is 0.438 bits per heavy atom. The molecule has 0 unspecified atom stereocenters. The molecule has 1 N–H and O–H groups in total. The molecule has 0 aromatic heterocycles. The van der Waals surface area contributed by atoms with Crippen LogP contribution in [-0.2, 0) is 14.3 Å². The molecule has 0 bridgehead atoms. The molecule has 0 aromatic rings. The highest BCUT2D eigenvalue weighted by molar-refractivity contribution is 5.75. The number of esters is 1. The maximum atomic E-state index is 12.2. The summed E-state index contributed by atoms with van der Waals surface area (Å²) in [5, 5.41) is 3.10. The zero-order valence-electron chi connectivity index (χ0n) is 33.0. The van der Waals surface area contributed by atoms with E-state index in [-0.39, 0.29) is 11.9 Å². The van der Waals surface area contributed by atoms with Gasteiger partial charge in [-0.1, -0.05) is 201 Å². The summed E-state index contributed by atoms with van der Waals surface area (Å²) in [6.07, 6.45) is 42.4. The fourth-order valence-electron chi connectivity index (χ4n) is 6.71. The van der Waals surface area contributed by atoms with Crippen LogP contribution in [0, 0.1) is 0 Å². The minimum Gasteiger partial charge on any atom is -0.464 e. The number of amides is 1. The molecule has 0 aliphatic carbocycles. The van der Waals surface area contributed by atoms with Gasteiger partial charge in [-0.25, -0.2) is 0 Å². The van der Waals surface area contributed by atoms with Crippen LogP contribution in [0.4, 0.5) is 0 Å². The van der Waals surface area contributed by atoms with Crippen molar-refractivity contribution in [1.82, 2.24) is 10.2 Å². The minimum atomic E-state index is -0.0492. The summed E-state index contributed by atoms with van der Waals surface area (Å²) in [4.78, 5) is 26.7. The van der Waals surface area contributed by atoms with Crippen molar-refractivity contribution in [2.75, 3.05) is 32.8 Å². The second-order valence-corrected chi connectivity index (χ2v) is 14.8. The molecule has 1 amide bonds. The van der Waals surface area contributed by atoms with Crippen molar-refractivity contribution < 1.29 is 14.3 Å². The van der Waals surface area contributed by atoms with E-state index in [9.17, 15) is 9.59 Å². The van der Waals surface area contributed by atoms with Crippen LogP contribution in [0.1, 0.15) is 233 Å². The van der Waals surface area contributed by atoms with E-state index >= 15 is 0 Å². The lowest BCUT2D eigenvalue weighted by atomic mass is 10.0. The number of carbonyl (C=O) groups is 2. The van der Waals surface area contributed by atoms with Crippen molar-refractivity contribution in [3.8, 4) is 0 Å². The molecular weight excluding hydrogens is 592 g/mol. The van der Waals surface area contributed by atoms with Crippen molar-refractivity contribution in [2.45, 2.75) is 233 Å². The van der Waals surface area contributed by atoms with Gasteiger partial charge < -0.3 is 15.0 Å². The monoisotopic (exact) mass is 679 g/mol. The predicted octanol–water partition coefficient (Wildman–Crippen LogP) is 12.9. The molecule has 0 fully saturated rings. The van der Waals surface area contributed by atoms with Crippen LogP contribution >= 0.6 is 0 Å². The first-order valence-corrected chi connectivity index (χ1v) is 21.8. The van der Waals surface area contributed by atoms with Gasteiger partial charge in [-0.2, -0.15) is 0 Å². The number of hydrogen-bond donors (Lipinski definition) is 1. The summed E-state index contributed by atoms with van der Waals surface area (Å²) >= 11 is 0. The quantitative estimate of drug-likeness (QED) is 0.0517. The fraction of sp³-hybridized carbons (Fsp3) is 0.953. The van der Waals surface area contributed by atoms with E-state index in [1.54, 1.807) is 0 Å². The molecular formula is C43H86N2O3. The SMILES string of the molecule is CCCCCCCCCCCCCCCCCC(=O)NCCCN(CC)CCOC(=O)CCCCCCCCCCCCCCCCC. The highest BCUT2D eigenvalue weighted by Crippen LogP contribution is 2.15. The lowest BCUT2D eigenvalue weighted by Crippen LogP contribution is -2.32. The van der Waals surface area contributed by atoms with Gasteiger partial charge in [0.15, 0.2) is 0 Å². The van der Waals surface area contributed by atoms with Crippen molar-refractivity contribution in [3.05, 3.63) is 0 Å². The molecule has 286 valence electrons. The van der Waals surface area contributed by atoms with Gasteiger partial charge >= 0.3 is 5.97 Å². The predicted molar refractivity (Wildman–Crippen MR) is 210 cm³/mol. The minimum absolute atomic E-state index is 0.0492. The molecule has 0 heterocycles. The molecule has 5 nitrogen and oxygen atoms in total. The van der Waals surface area contributed by atoms with Gasteiger partial charge in [-0.3, -0.25) is 9.59 Å². The van der Waals surface area contributed by atoms with Gasteiger partial charge in [0.2, 0.25) is 5.91 Å². The second-order valence-electron chi connectivity index (χ2n) is 14.8. The number of carbonyl (C=O) groups excluding carboxylic acids is 2. The number of nitrogens with one attached hydrogen (secondary N) is 1. The Bertz CT molecular complexity index is 656. The lowest BCUT2D eigenvalue weighted by molar-refractivity contribution is -0.144. The van der Waals surface area contributed by atoms with Gasteiger partial charge in [0.25, 0.3) is 0 Å². The van der Waals surface area contributed by atoms with Crippen LogP contribution in [0.3, 0.4) is 0 Å². The van der Waals surface area contributed by atoms with Crippen molar-refractivity contribution in [2.24, 2.45) is 0 Å². The van der Waals surface area contributed by atoms with Crippen LogP contribution in [0.15, 0.2) is 0 Å². The van der Waals surface area contributed by atoms with E-state index in [1.165, 1.54) is 173 Å². The molecule has 0 aromatic carbocycles. The number of rotatable bonds is 40. The van der Waals surface area contributed by atoms with E-state index < -0.39 is 0 Å². The largest absolute Gasteiger partial charge is 0.464 e. The van der Waals surface area contributed by atoms with Gasteiger partial charge in [-0.05, 0) is 32.4 Å². The molecule has 5 heteroatoms. The van der Waals surface area contributed by atoms with Gasteiger partial charge in [0.1, 0.15) is 6.61 Å². The van der Waals surface area contributed by atoms with Crippen molar-refractivity contribution in [1.29, 1.82) is 0 Å². The molecule has 0 atom stereocenters. The molecule has 0 radical (unpaired) electrons. The molecule has 0 aliphatic rings. The zero-order chi connectivity index (χ0) is 35.0. The maximum Gasteiger partial charge on any atom is 0.305 e. The first kappa shape index (κ1) is 46.9. The number of ether oxygens (including phenoxy) is 1. The first-order chi connectivity index (χ1) is 23.6. The maximum absolute atomic E-state index is 12.2. The Morgan fingerprint density at radius 2 is 0.792 bits per heavy atom. The molecule has 0 saturated carbocycles. The Morgan fingerprint density at radius 3 is 1.17 bits per heavy atom. The molecule has 0 saturated heterocycles. The van der Waals surface area contributed by atoms with Crippen LogP contribution in [-0.4, -0.2) is 49.6 Å². The Kier molecular flexibility index (Phi) is 39.4. The average molecular weight is 679 g/mol. The van der Waals surface area contributed by atoms with E-state index in [1.807, 2.05) is 0 Å².